The lowest BCUT2D eigenvalue weighted by atomic mass is 10.1. The Bertz CT molecular complexity index is 716. The fourth-order valence-electron chi connectivity index (χ4n) is 2.38. The van der Waals surface area contributed by atoms with Crippen LogP contribution in [0.25, 0.3) is 0 Å². The third kappa shape index (κ3) is 1.95. The van der Waals surface area contributed by atoms with Crippen LogP contribution in [-0.4, -0.2) is 36.1 Å². The van der Waals surface area contributed by atoms with Crippen molar-refractivity contribution in [3.8, 4) is 0 Å². The van der Waals surface area contributed by atoms with Gasteiger partial charge >= 0.3 is 0 Å². The molecule has 0 aliphatic carbocycles. The van der Waals surface area contributed by atoms with Crippen molar-refractivity contribution in [2.24, 2.45) is 0 Å². The minimum absolute atomic E-state index is 0.0144. The highest BCUT2D eigenvalue weighted by atomic mass is 19.1. The molecule has 2 heterocycles. The van der Waals surface area contributed by atoms with Gasteiger partial charge in [0.2, 0.25) is 11.8 Å². The first-order valence-corrected chi connectivity index (χ1v) is 6.18. The lowest BCUT2D eigenvalue weighted by Gasteiger charge is -2.33. The van der Waals surface area contributed by atoms with Gasteiger partial charge in [0, 0.05) is 0 Å². The largest absolute Gasteiger partial charge is 0.348 e. The number of rotatable bonds is 1. The van der Waals surface area contributed by atoms with Crippen LogP contribution in [0.5, 0.6) is 0 Å². The number of carbonyl (C=O) groups is 4. The number of anilines is 2. The molecule has 0 aromatic heterocycles. The van der Waals surface area contributed by atoms with Crippen LogP contribution in [-0.2, 0) is 14.4 Å². The summed E-state index contributed by atoms with van der Waals surface area (Å²) in [5.41, 5.74) is 0.105. The number of halogens is 1. The highest BCUT2D eigenvalue weighted by molar-refractivity contribution is 6.51. The van der Waals surface area contributed by atoms with Gasteiger partial charge in [0.15, 0.2) is 0 Å². The van der Waals surface area contributed by atoms with E-state index in [1.165, 1.54) is 17.9 Å². The van der Waals surface area contributed by atoms with E-state index in [4.69, 9.17) is 0 Å². The Kier molecular flexibility index (Phi) is 2.75. The maximum Gasteiger partial charge on any atom is 0.296 e. The topological polar surface area (TPSA) is 95.6 Å². The molecule has 2 aliphatic heterocycles. The van der Waals surface area contributed by atoms with E-state index in [0.717, 1.165) is 6.07 Å². The average molecular weight is 291 g/mol. The number of hydrogen-bond acceptors (Lipinski definition) is 5. The fraction of sp³-hybridized carbons (Fsp3) is 0.231. The summed E-state index contributed by atoms with van der Waals surface area (Å²) in [7, 11) is 0. The Labute approximate surface area is 118 Å². The second-order valence-electron chi connectivity index (χ2n) is 4.85. The summed E-state index contributed by atoms with van der Waals surface area (Å²) in [6.45, 7) is 1.34. The first-order valence-electron chi connectivity index (χ1n) is 6.18. The lowest BCUT2D eigenvalue weighted by molar-refractivity contribution is -0.132. The summed E-state index contributed by atoms with van der Waals surface area (Å²) < 4.78 is 14.2. The Morgan fingerprint density at radius 3 is 2.62 bits per heavy atom. The molecule has 1 fully saturated rings. The smallest absolute Gasteiger partial charge is 0.296 e. The molecule has 1 aromatic rings. The van der Waals surface area contributed by atoms with Crippen LogP contribution < -0.4 is 15.5 Å². The first-order chi connectivity index (χ1) is 9.88. The third-order valence-electron chi connectivity index (χ3n) is 3.52. The minimum Gasteiger partial charge on any atom is -0.348 e. The Balaban J connectivity index is 2.06. The summed E-state index contributed by atoms with van der Waals surface area (Å²) in [5.74, 6) is -3.49. The molecule has 1 unspecified atom stereocenters. The van der Waals surface area contributed by atoms with Crippen molar-refractivity contribution in [1.29, 1.82) is 0 Å². The van der Waals surface area contributed by atoms with E-state index in [0.29, 0.717) is 0 Å². The molecule has 7 nitrogen and oxygen atoms in total. The molecule has 0 radical (unpaired) electrons. The molecule has 21 heavy (non-hydrogen) atoms. The van der Waals surface area contributed by atoms with Gasteiger partial charge in [0.05, 0.1) is 23.5 Å². The number of imide groups is 1. The predicted molar refractivity (Wildman–Crippen MR) is 69.3 cm³/mol. The Hall–Kier alpha value is -2.77. The summed E-state index contributed by atoms with van der Waals surface area (Å²) in [5, 5.41) is 4.47. The van der Waals surface area contributed by atoms with Crippen LogP contribution in [0.3, 0.4) is 0 Å². The normalized spacial score (nSPS) is 21.2. The maximum atomic E-state index is 14.2. The number of nitrogens with one attached hydrogen (secondary N) is 2. The van der Waals surface area contributed by atoms with Gasteiger partial charge in [0.1, 0.15) is 11.9 Å². The number of benzene rings is 1. The SMILES string of the molecule is CC1C(=O)NC(=O)CN1c1cc2c(cc1F)C(=O)C(=O)N2. The second kappa shape index (κ2) is 4.37. The van der Waals surface area contributed by atoms with E-state index in [1.807, 2.05) is 0 Å². The number of Topliss-reactive ketones (excluding diaryl/α,β-unsaturated/α-hetero) is 1. The molecule has 0 spiro atoms. The molecule has 1 aromatic carbocycles. The summed E-state index contributed by atoms with van der Waals surface area (Å²) in [4.78, 5) is 47.1. The van der Waals surface area contributed by atoms with Crippen molar-refractivity contribution < 1.29 is 23.6 Å². The molecule has 0 saturated carbocycles. The molecule has 3 rings (SSSR count). The lowest BCUT2D eigenvalue weighted by Crippen LogP contribution is -2.57. The molecule has 0 bridgehead atoms. The number of hydrogen-bond donors (Lipinski definition) is 2. The number of fused-ring (bicyclic) bond motifs is 1. The number of nitrogens with zero attached hydrogens (tertiary/aromatic N) is 1. The Morgan fingerprint density at radius 2 is 1.90 bits per heavy atom. The van der Waals surface area contributed by atoms with Gasteiger partial charge in [-0.1, -0.05) is 0 Å². The van der Waals surface area contributed by atoms with Crippen molar-refractivity contribution >= 4 is 34.9 Å². The van der Waals surface area contributed by atoms with E-state index in [9.17, 15) is 23.6 Å². The van der Waals surface area contributed by atoms with Crippen molar-refractivity contribution in [3.63, 3.8) is 0 Å². The van der Waals surface area contributed by atoms with Gasteiger partial charge < -0.3 is 10.2 Å². The van der Waals surface area contributed by atoms with E-state index < -0.39 is 35.4 Å². The maximum absolute atomic E-state index is 14.2. The molecule has 3 amide bonds. The molecule has 1 saturated heterocycles. The summed E-state index contributed by atoms with van der Waals surface area (Å²) >= 11 is 0. The zero-order valence-electron chi connectivity index (χ0n) is 10.9. The van der Waals surface area contributed by atoms with Crippen LogP contribution in [0, 0.1) is 5.82 Å². The van der Waals surface area contributed by atoms with Crippen molar-refractivity contribution in [3.05, 3.63) is 23.5 Å². The molecule has 2 aliphatic rings. The van der Waals surface area contributed by atoms with Crippen LogP contribution >= 0.6 is 0 Å². The van der Waals surface area contributed by atoms with Gasteiger partial charge in [-0.05, 0) is 19.1 Å². The highest BCUT2D eigenvalue weighted by Crippen LogP contribution is 2.32. The monoisotopic (exact) mass is 291 g/mol. The van der Waals surface area contributed by atoms with Gasteiger partial charge in [-0.3, -0.25) is 24.5 Å². The van der Waals surface area contributed by atoms with Gasteiger partial charge in [-0.15, -0.1) is 0 Å². The quantitative estimate of drug-likeness (QED) is 0.552. The van der Waals surface area contributed by atoms with Crippen LogP contribution in [0.2, 0.25) is 0 Å². The van der Waals surface area contributed by atoms with Gasteiger partial charge in [0.25, 0.3) is 11.7 Å². The predicted octanol–water partition coefficient (Wildman–Crippen LogP) is -0.188. The molecule has 1 atom stereocenters. The Morgan fingerprint density at radius 1 is 1.19 bits per heavy atom. The van der Waals surface area contributed by atoms with E-state index >= 15 is 0 Å². The number of carbonyl (C=O) groups excluding carboxylic acids is 4. The fourth-order valence-corrected chi connectivity index (χ4v) is 2.38. The molecular weight excluding hydrogens is 281 g/mol. The highest BCUT2D eigenvalue weighted by Gasteiger charge is 2.35. The number of ketones is 1. The van der Waals surface area contributed by atoms with E-state index in [-0.39, 0.29) is 23.5 Å². The van der Waals surface area contributed by atoms with Crippen molar-refractivity contribution in [2.45, 2.75) is 13.0 Å². The van der Waals surface area contributed by atoms with Crippen LogP contribution in [0.15, 0.2) is 12.1 Å². The zero-order valence-corrected chi connectivity index (χ0v) is 10.9. The molecular formula is C13H10FN3O4. The number of piperazine rings is 1. The second-order valence-corrected chi connectivity index (χ2v) is 4.85. The zero-order chi connectivity index (χ0) is 15.3. The van der Waals surface area contributed by atoms with E-state index in [2.05, 4.69) is 10.6 Å². The van der Waals surface area contributed by atoms with E-state index in [1.54, 1.807) is 0 Å². The standard InChI is InChI=1S/C13H10FN3O4/c1-5-12(20)16-10(18)4-17(5)9-3-8-6(2-7(9)14)11(19)13(21)15-8/h2-3,5H,4H2,1H3,(H,15,19,21)(H,16,18,20). The van der Waals surface area contributed by atoms with Crippen LogP contribution in [0.4, 0.5) is 15.8 Å². The summed E-state index contributed by atoms with van der Waals surface area (Å²) in [6.07, 6.45) is 0. The average Bonchev–Trinajstić information content (AvgIpc) is 2.69. The minimum atomic E-state index is -0.831. The first kappa shape index (κ1) is 13.2. The molecule has 108 valence electrons. The van der Waals surface area contributed by atoms with Gasteiger partial charge in [-0.2, -0.15) is 0 Å². The molecule has 2 N–H and O–H groups in total. The van der Waals surface area contributed by atoms with Crippen molar-refractivity contribution in [2.75, 3.05) is 16.8 Å². The van der Waals surface area contributed by atoms with Crippen LogP contribution in [0.1, 0.15) is 17.3 Å². The summed E-state index contributed by atoms with van der Waals surface area (Å²) in [6, 6.07) is 1.45. The molecule has 8 heteroatoms. The number of amides is 3. The van der Waals surface area contributed by atoms with Crippen molar-refractivity contribution in [1.82, 2.24) is 5.32 Å². The third-order valence-corrected chi connectivity index (χ3v) is 3.52. The van der Waals surface area contributed by atoms with Gasteiger partial charge in [-0.25, -0.2) is 4.39 Å².